The Bertz CT molecular complexity index is 1410. The van der Waals surface area contributed by atoms with Crippen LogP contribution in [0.15, 0.2) is 82.2 Å². The van der Waals surface area contributed by atoms with Crippen LogP contribution in [-0.2, 0) is 26.2 Å². The average Bonchev–Trinajstić information content (AvgIpc) is 2.90. The van der Waals surface area contributed by atoms with Gasteiger partial charge in [0.1, 0.15) is 18.3 Å². The molecule has 3 aromatic carbocycles. The quantitative estimate of drug-likeness (QED) is 0.294. The number of benzene rings is 3. The van der Waals surface area contributed by atoms with Gasteiger partial charge < -0.3 is 15.0 Å². The third kappa shape index (κ3) is 8.08. The fourth-order valence-corrected chi connectivity index (χ4v) is 5.92. The number of nitrogens with zero attached hydrogens (tertiary/aromatic N) is 2. The molecule has 0 aliphatic carbocycles. The number of halogens is 1. The number of rotatable bonds is 12. The van der Waals surface area contributed by atoms with Gasteiger partial charge in [0.05, 0.1) is 17.2 Å². The summed E-state index contributed by atoms with van der Waals surface area (Å²) in [5.74, 6) is -0.291. The first kappa shape index (κ1) is 31.2. The number of anilines is 1. The fraction of sp³-hybridized carbons (Fsp3) is 0.333. The van der Waals surface area contributed by atoms with Crippen LogP contribution in [0.25, 0.3) is 0 Å². The highest BCUT2D eigenvalue weighted by atomic mass is 79.9. The summed E-state index contributed by atoms with van der Waals surface area (Å²) in [5, 5.41) is 2.85. The smallest absolute Gasteiger partial charge is 0.264 e. The van der Waals surface area contributed by atoms with Crippen molar-refractivity contribution < 1.29 is 22.7 Å². The number of carbonyl (C=O) groups is 2. The van der Waals surface area contributed by atoms with E-state index in [1.54, 1.807) is 43.3 Å². The Morgan fingerprint density at radius 1 is 0.975 bits per heavy atom. The number of hydrogen-bond donors (Lipinski definition) is 1. The molecule has 0 aliphatic heterocycles. The Kier molecular flexibility index (Phi) is 10.8. The van der Waals surface area contributed by atoms with Crippen molar-refractivity contribution in [2.24, 2.45) is 0 Å². The van der Waals surface area contributed by atoms with E-state index in [0.717, 1.165) is 19.9 Å². The van der Waals surface area contributed by atoms with Crippen molar-refractivity contribution in [3.63, 3.8) is 0 Å². The minimum Gasteiger partial charge on any atom is -0.494 e. The lowest BCUT2D eigenvalue weighted by Gasteiger charge is -2.32. The Labute approximate surface area is 245 Å². The molecule has 214 valence electrons. The summed E-state index contributed by atoms with van der Waals surface area (Å²) >= 11 is 3.45. The number of sulfonamides is 1. The molecule has 2 amide bonds. The van der Waals surface area contributed by atoms with Crippen molar-refractivity contribution in [3.05, 3.63) is 88.4 Å². The molecule has 0 heterocycles. The van der Waals surface area contributed by atoms with Crippen molar-refractivity contribution in [3.8, 4) is 5.75 Å². The van der Waals surface area contributed by atoms with Gasteiger partial charge >= 0.3 is 0 Å². The zero-order valence-electron chi connectivity index (χ0n) is 23.4. The number of amides is 2. The molecule has 0 aromatic heterocycles. The lowest BCUT2D eigenvalue weighted by molar-refractivity contribution is -0.139. The maximum atomic E-state index is 13.9. The summed E-state index contributed by atoms with van der Waals surface area (Å²) in [6, 6.07) is 19.5. The molecule has 8 nitrogen and oxygen atoms in total. The van der Waals surface area contributed by atoms with Crippen molar-refractivity contribution in [1.29, 1.82) is 0 Å². The lowest BCUT2D eigenvalue weighted by Crippen LogP contribution is -2.52. The molecule has 10 heteroatoms. The number of ether oxygens (including phenoxy) is 1. The van der Waals surface area contributed by atoms with Crippen LogP contribution in [-0.4, -0.2) is 50.4 Å². The molecule has 0 aliphatic rings. The van der Waals surface area contributed by atoms with Crippen molar-refractivity contribution >= 4 is 43.5 Å². The number of carbonyl (C=O) groups excluding carboxylic acids is 2. The lowest BCUT2D eigenvalue weighted by atomic mass is 10.1. The minimum absolute atomic E-state index is 0.0217. The van der Waals surface area contributed by atoms with E-state index >= 15 is 0 Å². The highest BCUT2D eigenvalue weighted by Gasteiger charge is 2.32. The Hall–Kier alpha value is -3.37. The van der Waals surface area contributed by atoms with Gasteiger partial charge in [-0.3, -0.25) is 13.9 Å². The molecular weight excluding hydrogens is 594 g/mol. The third-order valence-corrected chi connectivity index (χ3v) is 8.45. The fourth-order valence-electron chi connectivity index (χ4n) is 4.06. The first-order chi connectivity index (χ1) is 18.9. The van der Waals surface area contributed by atoms with Crippen LogP contribution in [0.1, 0.15) is 38.8 Å². The van der Waals surface area contributed by atoms with Crippen molar-refractivity contribution in [2.75, 3.05) is 17.5 Å². The van der Waals surface area contributed by atoms with Gasteiger partial charge in [0.25, 0.3) is 10.0 Å². The molecule has 0 unspecified atom stereocenters. The van der Waals surface area contributed by atoms with Crippen LogP contribution in [0.5, 0.6) is 5.75 Å². The first-order valence-electron chi connectivity index (χ1n) is 13.1. The predicted octanol–water partition coefficient (Wildman–Crippen LogP) is 5.29. The molecule has 0 saturated carbocycles. The molecule has 0 fully saturated rings. The summed E-state index contributed by atoms with van der Waals surface area (Å²) in [7, 11) is -4.15. The van der Waals surface area contributed by atoms with E-state index in [1.807, 2.05) is 52.0 Å². The molecule has 3 aromatic rings. The molecule has 0 bridgehead atoms. The molecule has 3 rings (SSSR count). The molecule has 0 spiro atoms. The Balaban J connectivity index is 2.02. The predicted molar refractivity (Wildman–Crippen MR) is 161 cm³/mol. The van der Waals surface area contributed by atoms with Crippen molar-refractivity contribution in [1.82, 2.24) is 10.2 Å². The van der Waals surface area contributed by atoms with Crippen LogP contribution in [0.3, 0.4) is 0 Å². The maximum absolute atomic E-state index is 13.9. The van der Waals surface area contributed by atoms with Crippen LogP contribution >= 0.6 is 15.9 Å². The topological polar surface area (TPSA) is 96.0 Å². The zero-order chi connectivity index (χ0) is 29.4. The third-order valence-electron chi connectivity index (χ3n) is 6.16. The Morgan fingerprint density at radius 2 is 1.62 bits per heavy atom. The van der Waals surface area contributed by atoms with Gasteiger partial charge in [0.2, 0.25) is 11.8 Å². The van der Waals surface area contributed by atoms with Gasteiger partial charge in [-0.25, -0.2) is 8.42 Å². The molecule has 1 N–H and O–H groups in total. The summed E-state index contributed by atoms with van der Waals surface area (Å²) in [5.41, 5.74) is 2.08. The van der Waals surface area contributed by atoms with Gasteiger partial charge in [-0.2, -0.15) is 0 Å². The van der Waals surface area contributed by atoms with Gasteiger partial charge in [-0.05, 0) is 88.7 Å². The number of nitrogens with one attached hydrogen (secondary N) is 1. The van der Waals surface area contributed by atoms with Gasteiger partial charge in [-0.15, -0.1) is 0 Å². The van der Waals surface area contributed by atoms with Gasteiger partial charge in [0.15, 0.2) is 0 Å². The van der Waals surface area contributed by atoms with Crippen LogP contribution in [0.2, 0.25) is 0 Å². The standard InChI is InChI=1S/C30H36BrN3O5S/c1-6-39-27-14-16-28(17-15-27)40(37,38)34(26-12-10-22(4)11-13-26)20-29(35)33(23(5)30(36)32-21(2)3)19-24-8-7-9-25(31)18-24/h7-18,21,23H,6,19-20H2,1-5H3,(H,32,36)/t23-/m0/s1. The molecule has 0 saturated heterocycles. The average molecular weight is 631 g/mol. The van der Waals surface area contributed by atoms with E-state index in [0.29, 0.717) is 18.0 Å². The van der Waals surface area contributed by atoms with Crippen LogP contribution in [0, 0.1) is 6.92 Å². The highest BCUT2D eigenvalue weighted by molar-refractivity contribution is 9.10. The second-order valence-electron chi connectivity index (χ2n) is 9.74. The minimum atomic E-state index is -4.15. The summed E-state index contributed by atoms with van der Waals surface area (Å²) in [6.07, 6.45) is 0. The molecular formula is C30H36BrN3O5S. The Morgan fingerprint density at radius 3 is 2.20 bits per heavy atom. The number of aryl methyl sites for hydroxylation is 1. The monoisotopic (exact) mass is 629 g/mol. The number of hydrogen-bond acceptors (Lipinski definition) is 5. The zero-order valence-corrected chi connectivity index (χ0v) is 25.8. The van der Waals surface area contributed by atoms with Gasteiger partial charge in [0, 0.05) is 17.1 Å². The van der Waals surface area contributed by atoms with Crippen LogP contribution < -0.4 is 14.4 Å². The first-order valence-corrected chi connectivity index (χ1v) is 15.3. The summed E-state index contributed by atoms with van der Waals surface area (Å²) in [4.78, 5) is 28.4. The van der Waals surface area contributed by atoms with E-state index in [4.69, 9.17) is 4.74 Å². The van der Waals surface area contributed by atoms with E-state index in [2.05, 4.69) is 21.2 Å². The SMILES string of the molecule is CCOc1ccc(S(=O)(=O)N(CC(=O)N(Cc2cccc(Br)c2)[C@@H](C)C(=O)NC(C)C)c2ccc(C)cc2)cc1. The molecule has 0 radical (unpaired) electrons. The summed E-state index contributed by atoms with van der Waals surface area (Å²) in [6.45, 7) is 9.15. The second-order valence-corrected chi connectivity index (χ2v) is 12.5. The van der Waals surface area contributed by atoms with E-state index < -0.39 is 28.5 Å². The van der Waals surface area contributed by atoms with Crippen LogP contribution in [0.4, 0.5) is 5.69 Å². The highest BCUT2D eigenvalue weighted by Crippen LogP contribution is 2.26. The van der Waals surface area contributed by atoms with E-state index in [9.17, 15) is 18.0 Å². The van der Waals surface area contributed by atoms with Crippen molar-refractivity contribution in [2.45, 2.75) is 58.1 Å². The van der Waals surface area contributed by atoms with E-state index in [1.165, 1.54) is 17.0 Å². The molecule has 40 heavy (non-hydrogen) atoms. The maximum Gasteiger partial charge on any atom is 0.264 e. The largest absolute Gasteiger partial charge is 0.494 e. The van der Waals surface area contributed by atoms with E-state index in [-0.39, 0.29) is 23.4 Å². The van der Waals surface area contributed by atoms with Gasteiger partial charge in [-0.1, -0.05) is 45.8 Å². The molecule has 1 atom stereocenters. The normalized spacial score (nSPS) is 12.1. The second kappa shape index (κ2) is 13.8. The summed E-state index contributed by atoms with van der Waals surface area (Å²) < 4.78 is 35.2.